The Balaban J connectivity index is 1.80. The third kappa shape index (κ3) is 5.66. The second-order valence-electron chi connectivity index (χ2n) is 6.60. The van der Waals surface area contributed by atoms with Gasteiger partial charge < -0.3 is 5.32 Å². The number of sulfonamides is 1. The Kier molecular flexibility index (Phi) is 7.20. The van der Waals surface area contributed by atoms with Crippen molar-refractivity contribution in [3.8, 4) is 0 Å². The van der Waals surface area contributed by atoms with Gasteiger partial charge in [0.25, 0.3) is 0 Å². The predicted octanol–water partition coefficient (Wildman–Crippen LogP) is 3.99. The molecule has 3 aromatic rings. The summed E-state index contributed by atoms with van der Waals surface area (Å²) in [5.74, 6) is -1.37. The zero-order valence-electron chi connectivity index (χ0n) is 16.0. The summed E-state index contributed by atoms with van der Waals surface area (Å²) in [7, 11) is -4.24. The van der Waals surface area contributed by atoms with Gasteiger partial charge in [0.15, 0.2) is 0 Å². The van der Waals surface area contributed by atoms with Crippen molar-refractivity contribution in [2.75, 3.05) is 6.54 Å². The average molecular weight is 447 g/mol. The van der Waals surface area contributed by atoms with Crippen molar-refractivity contribution < 1.29 is 17.6 Å². The minimum absolute atomic E-state index is 0.0674. The van der Waals surface area contributed by atoms with Gasteiger partial charge in [0.1, 0.15) is 10.7 Å². The van der Waals surface area contributed by atoms with E-state index in [1.807, 2.05) is 0 Å². The van der Waals surface area contributed by atoms with E-state index in [0.717, 1.165) is 15.9 Å². The van der Waals surface area contributed by atoms with E-state index < -0.39 is 33.2 Å². The molecule has 30 heavy (non-hydrogen) atoms. The highest BCUT2D eigenvalue weighted by Gasteiger charge is 2.29. The second-order valence-corrected chi connectivity index (χ2v) is 8.94. The molecule has 0 heterocycles. The highest BCUT2D eigenvalue weighted by Crippen LogP contribution is 2.21. The number of hydrogen-bond acceptors (Lipinski definition) is 3. The lowest BCUT2D eigenvalue weighted by atomic mass is 10.2. The summed E-state index contributed by atoms with van der Waals surface area (Å²) >= 11 is 5.94. The Bertz CT molecular complexity index is 1120. The van der Waals surface area contributed by atoms with Crippen molar-refractivity contribution in [3.05, 3.63) is 101 Å². The molecule has 1 N–H and O–H groups in total. The molecule has 0 atom stereocenters. The van der Waals surface area contributed by atoms with Crippen LogP contribution in [0.25, 0.3) is 0 Å². The van der Waals surface area contributed by atoms with Crippen LogP contribution in [0.2, 0.25) is 5.02 Å². The van der Waals surface area contributed by atoms with Crippen molar-refractivity contribution in [2.45, 2.75) is 18.0 Å². The molecule has 0 saturated heterocycles. The second kappa shape index (κ2) is 9.84. The zero-order chi connectivity index (χ0) is 21.6. The number of nitrogens with one attached hydrogen (secondary N) is 1. The molecule has 0 aliphatic heterocycles. The van der Waals surface area contributed by atoms with Gasteiger partial charge >= 0.3 is 0 Å². The van der Waals surface area contributed by atoms with E-state index in [-0.39, 0.29) is 13.1 Å². The first kappa shape index (κ1) is 22.0. The fourth-order valence-electron chi connectivity index (χ4n) is 2.87. The maximum absolute atomic E-state index is 14.2. The van der Waals surface area contributed by atoms with E-state index in [4.69, 9.17) is 11.6 Å². The van der Waals surface area contributed by atoms with Gasteiger partial charge in [-0.1, -0.05) is 66.2 Å². The van der Waals surface area contributed by atoms with Gasteiger partial charge in [0.2, 0.25) is 15.9 Å². The SMILES string of the molecule is O=C(CN(Cc1ccccc1)S(=O)(=O)c1ccccc1F)NCc1cccc(Cl)c1. The number of carbonyl (C=O) groups is 1. The molecule has 1 amide bonds. The predicted molar refractivity (Wildman–Crippen MR) is 114 cm³/mol. The Morgan fingerprint density at radius 2 is 1.60 bits per heavy atom. The summed E-state index contributed by atoms with van der Waals surface area (Å²) < 4.78 is 41.4. The summed E-state index contributed by atoms with van der Waals surface area (Å²) in [6.07, 6.45) is 0. The Morgan fingerprint density at radius 3 is 2.30 bits per heavy atom. The minimum atomic E-state index is -4.24. The third-order valence-electron chi connectivity index (χ3n) is 4.35. The van der Waals surface area contributed by atoms with Crippen LogP contribution in [0.5, 0.6) is 0 Å². The highest BCUT2D eigenvalue weighted by molar-refractivity contribution is 7.89. The molecule has 0 aliphatic rings. The maximum Gasteiger partial charge on any atom is 0.246 e. The van der Waals surface area contributed by atoms with Crippen molar-refractivity contribution in [1.82, 2.24) is 9.62 Å². The minimum Gasteiger partial charge on any atom is -0.351 e. The molecule has 0 radical (unpaired) electrons. The number of nitrogens with zero attached hydrogens (tertiary/aromatic N) is 1. The van der Waals surface area contributed by atoms with Gasteiger partial charge in [-0.2, -0.15) is 4.31 Å². The molecule has 3 aromatic carbocycles. The number of rotatable bonds is 8. The summed E-state index contributed by atoms with van der Waals surface area (Å²) in [5.41, 5.74) is 1.46. The Labute approximate surface area is 180 Å². The van der Waals surface area contributed by atoms with Crippen LogP contribution in [-0.4, -0.2) is 25.2 Å². The normalized spacial score (nSPS) is 11.4. The van der Waals surface area contributed by atoms with E-state index in [2.05, 4.69) is 5.32 Å². The standard InChI is InChI=1S/C22H20ClFN2O3S/c23-19-10-6-9-18(13-19)14-25-22(27)16-26(15-17-7-2-1-3-8-17)30(28,29)21-12-5-4-11-20(21)24/h1-13H,14-16H2,(H,25,27). The van der Waals surface area contributed by atoms with Gasteiger partial charge in [-0.05, 0) is 35.4 Å². The van der Waals surface area contributed by atoms with Gasteiger partial charge in [-0.15, -0.1) is 0 Å². The van der Waals surface area contributed by atoms with E-state index in [1.54, 1.807) is 54.6 Å². The lowest BCUT2D eigenvalue weighted by molar-refractivity contribution is -0.121. The molecule has 0 unspecified atom stereocenters. The average Bonchev–Trinajstić information content (AvgIpc) is 2.73. The summed E-state index contributed by atoms with van der Waals surface area (Å²) in [6.45, 7) is -0.327. The fourth-order valence-corrected chi connectivity index (χ4v) is 4.53. The topological polar surface area (TPSA) is 66.5 Å². The van der Waals surface area contributed by atoms with Crippen LogP contribution in [0.3, 0.4) is 0 Å². The molecule has 0 aromatic heterocycles. The van der Waals surface area contributed by atoms with Crippen LogP contribution in [-0.2, 0) is 27.9 Å². The summed E-state index contributed by atoms with van der Waals surface area (Å²) in [4.78, 5) is 12.1. The van der Waals surface area contributed by atoms with Gasteiger partial charge in [0.05, 0.1) is 6.54 Å². The van der Waals surface area contributed by atoms with Crippen molar-refractivity contribution in [3.63, 3.8) is 0 Å². The lowest BCUT2D eigenvalue weighted by Gasteiger charge is -2.22. The van der Waals surface area contributed by atoms with Crippen molar-refractivity contribution >= 4 is 27.5 Å². The Hall–Kier alpha value is -2.74. The van der Waals surface area contributed by atoms with Crippen LogP contribution in [0.4, 0.5) is 4.39 Å². The maximum atomic E-state index is 14.2. The monoisotopic (exact) mass is 446 g/mol. The van der Waals surface area contributed by atoms with Crippen molar-refractivity contribution in [1.29, 1.82) is 0 Å². The zero-order valence-corrected chi connectivity index (χ0v) is 17.5. The number of hydrogen-bond donors (Lipinski definition) is 1. The smallest absolute Gasteiger partial charge is 0.246 e. The van der Waals surface area contributed by atoms with Crippen LogP contribution < -0.4 is 5.32 Å². The molecule has 8 heteroatoms. The van der Waals surface area contributed by atoms with Crippen molar-refractivity contribution in [2.24, 2.45) is 0 Å². The molecule has 0 spiro atoms. The molecule has 0 aliphatic carbocycles. The van der Waals surface area contributed by atoms with Crippen LogP contribution in [0.15, 0.2) is 83.8 Å². The fraction of sp³-hybridized carbons (Fsp3) is 0.136. The third-order valence-corrected chi connectivity index (χ3v) is 6.41. The van der Waals surface area contributed by atoms with Crippen LogP contribution in [0.1, 0.15) is 11.1 Å². The highest BCUT2D eigenvalue weighted by atomic mass is 35.5. The number of halogens is 2. The summed E-state index contributed by atoms with van der Waals surface area (Å²) in [6, 6.07) is 20.9. The van der Waals surface area contributed by atoms with E-state index in [0.29, 0.717) is 10.6 Å². The first-order chi connectivity index (χ1) is 14.4. The molecule has 3 rings (SSSR count). The van der Waals surface area contributed by atoms with Gasteiger partial charge in [-0.3, -0.25) is 4.79 Å². The molecule has 156 valence electrons. The molecular formula is C22H20ClFN2O3S. The molecular weight excluding hydrogens is 427 g/mol. The largest absolute Gasteiger partial charge is 0.351 e. The van der Waals surface area contributed by atoms with Gasteiger partial charge in [-0.25, -0.2) is 12.8 Å². The van der Waals surface area contributed by atoms with E-state index in [9.17, 15) is 17.6 Å². The number of amides is 1. The Morgan fingerprint density at radius 1 is 0.933 bits per heavy atom. The number of benzene rings is 3. The van der Waals surface area contributed by atoms with E-state index in [1.165, 1.54) is 18.2 Å². The quantitative estimate of drug-likeness (QED) is 0.569. The lowest BCUT2D eigenvalue weighted by Crippen LogP contribution is -2.40. The van der Waals surface area contributed by atoms with E-state index >= 15 is 0 Å². The first-order valence-corrected chi connectivity index (χ1v) is 11.0. The molecule has 5 nitrogen and oxygen atoms in total. The molecule has 0 bridgehead atoms. The molecule has 0 fully saturated rings. The first-order valence-electron chi connectivity index (χ1n) is 9.16. The van der Waals surface area contributed by atoms with Crippen LogP contribution in [0, 0.1) is 5.82 Å². The number of carbonyl (C=O) groups excluding carboxylic acids is 1. The van der Waals surface area contributed by atoms with Gasteiger partial charge in [0, 0.05) is 18.1 Å². The molecule has 0 saturated carbocycles. The van der Waals surface area contributed by atoms with Crippen LogP contribution >= 0.6 is 11.6 Å². The summed E-state index contributed by atoms with van der Waals surface area (Å²) in [5, 5.41) is 3.22.